The summed E-state index contributed by atoms with van der Waals surface area (Å²) in [6.07, 6.45) is 4.41. The summed E-state index contributed by atoms with van der Waals surface area (Å²) in [5.41, 5.74) is 2.73. The Morgan fingerprint density at radius 3 is 2.88 bits per heavy atom. The highest BCUT2D eigenvalue weighted by Crippen LogP contribution is 2.21. The van der Waals surface area contributed by atoms with Gasteiger partial charge in [0.15, 0.2) is 5.78 Å². The third-order valence-electron chi connectivity index (χ3n) is 2.72. The molecule has 0 atom stereocenters. The average molecular weight is 230 g/mol. The van der Waals surface area contributed by atoms with Gasteiger partial charge in [-0.1, -0.05) is 24.3 Å². The minimum absolute atomic E-state index is 0.0527. The molecule has 3 nitrogen and oxygen atoms in total. The molecule has 1 aliphatic carbocycles. The Morgan fingerprint density at radius 2 is 2.12 bits per heavy atom. The van der Waals surface area contributed by atoms with Crippen molar-refractivity contribution in [1.82, 2.24) is 0 Å². The zero-order valence-corrected chi connectivity index (χ0v) is 9.73. The number of ether oxygens (including phenoxy) is 1. The molecule has 0 aromatic heterocycles. The summed E-state index contributed by atoms with van der Waals surface area (Å²) in [5, 5.41) is 0. The Labute approximate surface area is 100 Å². The van der Waals surface area contributed by atoms with Crippen molar-refractivity contribution < 1.29 is 14.3 Å². The first-order valence-electron chi connectivity index (χ1n) is 5.71. The summed E-state index contributed by atoms with van der Waals surface area (Å²) in [6.45, 7) is 2.21. The van der Waals surface area contributed by atoms with Gasteiger partial charge in [-0.05, 0) is 30.5 Å². The second-order valence-electron chi connectivity index (χ2n) is 3.92. The molecule has 0 saturated heterocycles. The van der Waals surface area contributed by atoms with E-state index in [1.807, 2.05) is 24.3 Å². The van der Waals surface area contributed by atoms with Crippen LogP contribution in [0.15, 0.2) is 24.3 Å². The number of allylic oxidation sites excluding steroid dienone is 1. The van der Waals surface area contributed by atoms with E-state index in [0.717, 1.165) is 16.7 Å². The number of carbonyl (C=O) groups is 2. The Morgan fingerprint density at radius 1 is 1.29 bits per heavy atom. The monoisotopic (exact) mass is 230 g/mol. The van der Waals surface area contributed by atoms with E-state index in [1.165, 1.54) is 0 Å². The first kappa shape index (κ1) is 11.6. The largest absolute Gasteiger partial charge is 0.466 e. The predicted octanol–water partition coefficient (Wildman–Crippen LogP) is 2.39. The molecular formula is C14H14O3. The van der Waals surface area contributed by atoms with Gasteiger partial charge in [-0.2, -0.15) is 0 Å². The summed E-state index contributed by atoms with van der Waals surface area (Å²) in [7, 11) is 0. The minimum atomic E-state index is -0.181. The number of rotatable bonds is 4. The molecule has 1 aromatic carbocycles. The van der Waals surface area contributed by atoms with Crippen molar-refractivity contribution in [2.45, 2.75) is 19.8 Å². The molecular weight excluding hydrogens is 216 g/mol. The second kappa shape index (κ2) is 4.95. The van der Waals surface area contributed by atoms with Crippen LogP contribution < -0.4 is 0 Å². The Bertz CT molecular complexity index is 486. The minimum Gasteiger partial charge on any atom is -0.466 e. The molecule has 0 unspecified atom stereocenters. The van der Waals surface area contributed by atoms with Gasteiger partial charge in [0.25, 0.3) is 0 Å². The molecule has 0 saturated carbocycles. The van der Waals surface area contributed by atoms with E-state index in [4.69, 9.17) is 4.74 Å². The first-order chi connectivity index (χ1) is 8.20. The third-order valence-corrected chi connectivity index (χ3v) is 2.72. The lowest BCUT2D eigenvalue weighted by molar-refractivity contribution is -0.143. The van der Waals surface area contributed by atoms with Crippen molar-refractivity contribution >= 4 is 17.8 Å². The van der Waals surface area contributed by atoms with Crippen molar-refractivity contribution in [2.75, 3.05) is 6.61 Å². The lowest BCUT2D eigenvalue weighted by Crippen LogP contribution is -2.05. The fourth-order valence-electron chi connectivity index (χ4n) is 1.86. The lowest BCUT2D eigenvalue weighted by Gasteiger charge is -2.04. The highest BCUT2D eigenvalue weighted by atomic mass is 16.5. The van der Waals surface area contributed by atoms with Crippen LogP contribution in [0.4, 0.5) is 0 Å². The first-order valence-corrected chi connectivity index (χ1v) is 5.71. The SMILES string of the molecule is CCOC(=O)CCc1ccc2c(c1)C=CC2=O. The predicted molar refractivity (Wildman–Crippen MR) is 64.8 cm³/mol. The number of ketones is 1. The van der Waals surface area contributed by atoms with Gasteiger partial charge in [-0.25, -0.2) is 0 Å². The van der Waals surface area contributed by atoms with Crippen LogP contribution in [0.1, 0.15) is 34.8 Å². The van der Waals surface area contributed by atoms with E-state index >= 15 is 0 Å². The van der Waals surface area contributed by atoms with E-state index in [2.05, 4.69) is 0 Å². The highest BCUT2D eigenvalue weighted by molar-refractivity contribution is 6.13. The van der Waals surface area contributed by atoms with Gasteiger partial charge in [0.05, 0.1) is 6.61 Å². The molecule has 0 bridgehead atoms. The number of hydrogen-bond donors (Lipinski definition) is 0. The summed E-state index contributed by atoms with van der Waals surface area (Å²) in [4.78, 5) is 22.6. The summed E-state index contributed by atoms with van der Waals surface area (Å²) >= 11 is 0. The number of hydrogen-bond acceptors (Lipinski definition) is 3. The molecule has 1 aliphatic rings. The Hall–Kier alpha value is -1.90. The number of esters is 1. The highest BCUT2D eigenvalue weighted by Gasteiger charge is 2.13. The second-order valence-corrected chi connectivity index (χ2v) is 3.92. The zero-order valence-electron chi connectivity index (χ0n) is 9.73. The van der Waals surface area contributed by atoms with E-state index in [9.17, 15) is 9.59 Å². The molecule has 88 valence electrons. The van der Waals surface area contributed by atoms with Crippen LogP contribution in [0.3, 0.4) is 0 Å². The van der Waals surface area contributed by atoms with Crippen LogP contribution in [-0.2, 0) is 16.0 Å². The van der Waals surface area contributed by atoms with Crippen molar-refractivity contribution in [3.05, 3.63) is 41.0 Å². The van der Waals surface area contributed by atoms with Crippen molar-refractivity contribution in [2.24, 2.45) is 0 Å². The van der Waals surface area contributed by atoms with Crippen molar-refractivity contribution in [1.29, 1.82) is 0 Å². The number of aryl methyl sites for hydroxylation is 1. The Balaban J connectivity index is 2.02. The van der Waals surface area contributed by atoms with Crippen LogP contribution in [0, 0.1) is 0 Å². The fraction of sp³-hybridized carbons (Fsp3) is 0.286. The maximum absolute atomic E-state index is 11.4. The van der Waals surface area contributed by atoms with Crippen LogP contribution in [0.25, 0.3) is 6.08 Å². The van der Waals surface area contributed by atoms with Crippen LogP contribution in [0.2, 0.25) is 0 Å². The van der Waals surface area contributed by atoms with Gasteiger partial charge in [0.1, 0.15) is 0 Å². The molecule has 2 rings (SSSR count). The van der Waals surface area contributed by atoms with Gasteiger partial charge < -0.3 is 4.74 Å². The van der Waals surface area contributed by atoms with Crippen molar-refractivity contribution in [3.63, 3.8) is 0 Å². The number of benzene rings is 1. The van der Waals surface area contributed by atoms with Gasteiger partial charge >= 0.3 is 5.97 Å². The molecule has 0 N–H and O–H groups in total. The van der Waals surface area contributed by atoms with Crippen molar-refractivity contribution in [3.8, 4) is 0 Å². The average Bonchev–Trinajstić information content (AvgIpc) is 2.69. The number of fused-ring (bicyclic) bond motifs is 1. The van der Waals surface area contributed by atoms with Gasteiger partial charge in [0.2, 0.25) is 0 Å². The Kier molecular flexibility index (Phi) is 3.38. The van der Waals surface area contributed by atoms with Crippen LogP contribution in [0.5, 0.6) is 0 Å². The number of carbonyl (C=O) groups excluding carboxylic acids is 2. The maximum Gasteiger partial charge on any atom is 0.306 e. The van der Waals surface area contributed by atoms with Gasteiger partial charge in [-0.3, -0.25) is 9.59 Å². The topological polar surface area (TPSA) is 43.4 Å². The zero-order chi connectivity index (χ0) is 12.3. The third kappa shape index (κ3) is 2.61. The molecule has 0 spiro atoms. The van der Waals surface area contributed by atoms with Crippen LogP contribution >= 0.6 is 0 Å². The van der Waals surface area contributed by atoms with Crippen LogP contribution in [-0.4, -0.2) is 18.4 Å². The van der Waals surface area contributed by atoms with E-state index in [-0.39, 0.29) is 11.8 Å². The molecule has 0 amide bonds. The van der Waals surface area contributed by atoms with E-state index < -0.39 is 0 Å². The molecule has 0 heterocycles. The normalized spacial score (nSPS) is 12.6. The smallest absolute Gasteiger partial charge is 0.306 e. The quantitative estimate of drug-likeness (QED) is 0.746. The van der Waals surface area contributed by atoms with Gasteiger partial charge in [-0.15, -0.1) is 0 Å². The standard InChI is InChI=1S/C14H14O3/c1-2-17-14(16)8-4-10-3-6-12-11(9-10)5-7-13(12)15/h3,5-7,9H,2,4,8H2,1H3. The van der Waals surface area contributed by atoms with E-state index in [0.29, 0.717) is 19.4 Å². The maximum atomic E-state index is 11.4. The molecule has 17 heavy (non-hydrogen) atoms. The summed E-state index contributed by atoms with van der Waals surface area (Å²) in [6, 6.07) is 5.66. The molecule has 1 aromatic rings. The molecule has 0 aliphatic heterocycles. The van der Waals surface area contributed by atoms with E-state index in [1.54, 1.807) is 13.0 Å². The summed E-state index contributed by atoms with van der Waals surface area (Å²) < 4.78 is 4.87. The molecule has 0 radical (unpaired) electrons. The fourth-order valence-corrected chi connectivity index (χ4v) is 1.86. The lowest BCUT2D eigenvalue weighted by atomic mass is 10.0. The summed E-state index contributed by atoms with van der Waals surface area (Å²) in [5.74, 6) is -0.128. The molecule has 3 heteroatoms. The molecule has 0 fully saturated rings. The van der Waals surface area contributed by atoms with Gasteiger partial charge in [0, 0.05) is 12.0 Å².